The Balaban J connectivity index is 2.06. The van der Waals surface area contributed by atoms with E-state index >= 15 is 0 Å². The van der Waals surface area contributed by atoms with Crippen molar-refractivity contribution in [3.05, 3.63) is 0 Å². The number of anilines is 2. The minimum Gasteiger partial charge on any atom is -0.467 e. The topological polar surface area (TPSA) is 101 Å². The van der Waals surface area contributed by atoms with Crippen molar-refractivity contribution in [3.63, 3.8) is 0 Å². The minimum absolute atomic E-state index is 0.242. The van der Waals surface area contributed by atoms with Crippen LogP contribution < -0.4 is 21.3 Å². The Hall–Kier alpha value is -1.67. The lowest BCUT2D eigenvalue weighted by Gasteiger charge is -2.35. The predicted octanol–water partition coefficient (Wildman–Crippen LogP) is 0.0604. The van der Waals surface area contributed by atoms with Crippen LogP contribution in [0.5, 0.6) is 6.01 Å². The Labute approximate surface area is 112 Å². The quantitative estimate of drug-likeness (QED) is 0.520. The number of nitrogen functional groups attached to an aromatic ring is 1. The summed E-state index contributed by atoms with van der Waals surface area (Å²) in [7, 11) is 3.65. The van der Waals surface area contributed by atoms with Gasteiger partial charge in [0.1, 0.15) is 0 Å². The zero-order valence-electron chi connectivity index (χ0n) is 11.6. The molecule has 0 spiro atoms. The molecule has 0 aromatic carbocycles. The minimum atomic E-state index is 0.242. The molecule has 0 saturated carbocycles. The lowest BCUT2D eigenvalue weighted by atomic mass is 9.99. The van der Waals surface area contributed by atoms with Crippen molar-refractivity contribution in [2.24, 2.45) is 5.84 Å². The maximum absolute atomic E-state index is 5.32. The molecule has 4 N–H and O–H groups in total. The van der Waals surface area contributed by atoms with Gasteiger partial charge in [-0.1, -0.05) is 0 Å². The number of aromatic nitrogens is 3. The lowest BCUT2D eigenvalue weighted by molar-refractivity contribution is 0.189. The predicted molar refractivity (Wildman–Crippen MR) is 72.9 cm³/mol. The summed E-state index contributed by atoms with van der Waals surface area (Å²) in [5, 5.41) is 3.32. The highest BCUT2D eigenvalue weighted by molar-refractivity contribution is 5.35. The monoisotopic (exact) mass is 267 g/mol. The van der Waals surface area contributed by atoms with Gasteiger partial charge in [-0.3, -0.25) is 5.43 Å². The Morgan fingerprint density at radius 2 is 2.05 bits per heavy atom. The summed E-state index contributed by atoms with van der Waals surface area (Å²) < 4.78 is 5.02. The van der Waals surface area contributed by atoms with Crippen LogP contribution in [-0.2, 0) is 0 Å². The summed E-state index contributed by atoms with van der Waals surface area (Å²) in [5.74, 6) is 6.10. The highest BCUT2D eigenvalue weighted by Gasteiger charge is 2.23. The molecule has 0 radical (unpaired) electrons. The third-order valence-corrected chi connectivity index (χ3v) is 3.47. The Morgan fingerprint density at radius 3 is 2.68 bits per heavy atom. The van der Waals surface area contributed by atoms with E-state index in [1.54, 1.807) is 0 Å². The zero-order chi connectivity index (χ0) is 13.8. The number of rotatable bonds is 4. The SMILES string of the molecule is COc1nc(NN)nc(NC2CCN(C)C(C)C2)n1. The summed E-state index contributed by atoms with van der Waals surface area (Å²) in [6.45, 7) is 3.28. The standard InChI is InChI=1S/C11H21N7O/c1-7-6-8(4-5-18(7)2)13-9-14-10(17-12)16-11(15-9)19-3/h7-8H,4-6,12H2,1-3H3,(H2,13,14,15,16,17). The number of hydrazine groups is 1. The van der Waals surface area contributed by atoms with Crippen LogP contribution in [0, 0.1) is 0 Å². The summed E-state index contributed by atoms with van der Waals surface area (Å²) in [5.41, 5.74) is 2.40. The van der Waals surface area contributed by atoms with Crippen molar-refractivity contribution in [2.75, 3.05) is 31.4 Å². The maximum Gasteiger partial charge on any atom is 0.322 e. The van der Waals surface area contributed by atoms with E-state index in [-0.39, 0.29) is 12.0 Å². The highest BCUT2D eigenvalue weighted by atomic mass is 16.5. The van der Waals surface area contributed by atoms with E-state index in [4.69, 9.17) is 10.6 Å². The van der Waals surface area contributed by atoms with Gasteiger partial charge in [0.2, 0.25) is 11.9 Å². The molecule has 2 atom stereocenters. The molecule has 2 rings (SSSR count). The molecule has 19 heavy (non-hydrogen) atoms. The van der Waals surface area contributed by atoms with E-state index in [2.05, 4.69) is 44.6 Å². The molecular weight excluding hydrogens is 246 g/mol. The summed E-state index contributed by atoms with van der Waals surface area (Å²) in [6, 6.07) is 1.14. The molecule has 106 valence electrons. The first-order valence-electron chi connectivity index (χ1n) is 6.36. The number of ether oxygens (including phenoxy) is 1. The van der Waals surface area contributed by atoms with E-state index < -0.39 is 0 Å². The first kappa shape index (κ1) is 13.8. The molecule has 0 amide bonds. The van der Waals surface area contributed by atoms with E-state index in [1.165, 1.54) is 7.11 Å². The van der Waals surface area contributed by atoms with Crippen molar-refractivity contribution in [3.8, 4) is 6.01 Å². The Bertz CT molecular complexity index is 405. The molecule has 0 aliphatic carbocycles. The van der Waals surface area contributed by atoms with Gasteiger partial charge >= 0.3 is 6.01 Å². The molecule has 1 fully saturated rings. The number of nitrogens with one attached hydrogen (secondary N) is 2. The second-order valence-corrected chi connectivity index (χ2v) is 4.81. The fourth-order valence-corrected chi connectivity index (χ4v) is 2.18. The molecule has 1 aromatic rings. The number of piperidine rings is 1. The number of hydrogen-bond acceptors (Lipinski definition) is 8. The van der Waals surface area contributed by atoms with Crippen LogP contribution in [0.25, 0.3) is 0 Å². The van der Waals surface area contributed by atoms with Gasteiger partial charge in [-0.25, -0.2) is 5.84 Å². The second kappa shape index (κ2) is 5.98. The number of nitrogens with zero attached hydrogens (tertiary/aromatic N) is 4. The van der Waals surface area contributed by atoms with Crippen LogP contribution in [0.15, 0.2) is 0 Å². The van der Waals surface area contributed by atoms with Gasteiger partial charge in [-0.2, -0.15) is 15.0 Å². The van der Waals surface area contributed by atoms with Crippen LogP contribution in [0.2, 0.25) is 0 Å². The van der Waals surface area contributed by atoms with Gasteiger partial charge in [0.05, 0.1) is 7.11 Å². The molecule has 8 nitrogen and oxygen atoms in total. The first-order valence-corrected chi connectivity index (χ1v) is 6.36. The molecule has 0 bridgehead atoms. The Morgan fingerprint density at radius 1 is 1.32 bits per heavy atom. The average molecular weight is 267 g/mol. The van der Waals surface area contributed by atoms with E-state index in [9.17, 15) is 0 Å². The average Bonchev–Trinajstić information content (AvgIpc) is 2.42. The molecule has 8 heteroatoms. The zero-order valence-corrected chi connectivity index (χ0v) is 11.6. The number of methoxy groups -OCH3 is 1. The van der Waals surface area contributed by atoms with Crippen molar-refractivity contribution in [1.82, 2.24) is 19.9 Å². The van der Waals surface area contributed by atoms with Crippen molar-refractivity contribution >= 4 is 11.9 Å². The van der Waals surface area contributed by atoms with Gasteiger partial charge in [-0.05, 0) is 26.8 Å². The van der Waals surface area contributed by atoms with Crippen molar-refractivity contribution < 1.29 is 4.74 Å². The number of likely N-dealkylation sites (tertiary alicyclic amines) is 1. The van der Waals surface area contributed by atoms with Gasteiger partial charge in [-0.15, -0.1) is 0 Å². The van der Waals surface area contributed by atoms with Crippen LogP contribution in [0.4, 0.5) is 11.9 Å². The molecule has 2 heterocycles. The largest absolute Gasteiger partial charge is 0.467 e. The van der Waals surface area contributed by atoms with Crippen molar-refractivity contribution in [1.29, 1.82) is 0 Å². The van der Waals surface area contributed by atoms with Crippen molar-refractivity contribution in [2.45, 2.75) is 31.8 Å². The molecule has 1 aromatic heterocycles. The molecule has 1 aliphatic heterocycles. The molecular formula is C11H21N7O. The number of nitrogens with two attached hydrogens (primary N) is 1. The summed E-state index contributed by atoms with van der Waals surface area (Å²) in [4.78, 5) is 14.7. The number of hydrogen-bond donors (Lipinski definition) is 3. The first-order chi connectivity index (χ1) is 9.12. The second-order valence-electron chi connectivity index (χ2n) is 4.81. The smallest absolute Gasteiger partial charge is 0.322 e. The lowest BCUT2D eigenvalue weighted by Crippen LogP contribution is -2.42. The summed E-state index contributed by atoms with van der Waals surface area (Å²) >= 11 is 0. The van der Waals surface area contributed by atoms with Crippen LogP contribution >= 0.6 is 0 Å². The van der Waals surface area contributed by atoms with E-state index in [0.29, 0.717) is 18.0 Å². The molecule has 1 aliphatic rings. The molecule has 2 unspecified atom stereocenters. The fraction of sp³-hybridized carbons (Fsp3) is 0.727. The van der Waals surface area contributed by atoms with E-state index in [0.717, 1.165) is 19.4 Å². The maximum atomic E-state index is 5.32. The fourth-order valence-electron chi connectivity index (χ4n) is 2.18. The van der Waals surface area contributed by atoms with Gasteiger partial charge in [0.15, 0.2) is 0 Å². The van der Waals surface area contributed by atoms with Gasteiger partial charge < -0.3 is 15.0 Å². The highest BCUT2D eigenvalue weighted by Crippen LogP contribution is 2.19. The summed E-state index contributed by atoms with van der Waals surface area (Å²) in [6.07, 6.45) is 2.11. The Kier molecular flexibility index (Phi) is 4.33. The van der Waals surface area contributed by atoms with Gasteiger partial charge in [0.25, 0.3) is 0 Å². The molecule has 1 saturated heterocycles. The van der Waals surface area contributed by atoms with E-state index in [1.807, 2.05) is 0 Å². The van der Waals surface area contributed by atoms with Crippen LogP contribution in [0.3, 0.4) is 0 Å². The van der Waals surface area contributed by atoms with Crippen LogP contribution in [-0.4, -0.2) is 52.6 Å². The normalized spacial score (nSPS) is 24.0. The third kappa shape index (κ3) is 3.42. The van der Waals surface area contributed by atoms with Crippen LogP contribution in [0.1, 0.15) is 19.8 Å². The third-order valence-electron chi connectivity index (χ3n) is 3.47. The van der Waals surface area contributed by atoms with Gasteiger partial charge in [0, 0.05) is 18.6 Å².